The van der Waals surface area contributed by atoms with Gasteiger partial charge in [-0.2, -0.15) is 0 Å². The molecule has 0 aromatic heterocycles. The fraction of sp³-hybridized carbons (Fsp3) is 0. The third kappa shape index (κ3) is 4.21. The second-order valence-electron chi connectivity index (χ2n) is 4.43. The van der Waals surface area contributed by atoms with Gasteiger partial charge in [0.2, 0.25) is 11.8 Å². The minimum absolute atomic E-state index is 0.298. The molecule has 106 valence electrons. The molecule has 0 unspecified atom stereocenters. The maximum atomic E-state index is 11.8. The number of nitrogens with one attached hydrogen (secondary N) is 1. The summed E-state index contributed by atoms with van der Waals surface area (Å²) in [5, 5.41) is 2.66. The first-order valence-electron chi connectivity index (χ1n) is 6.29. The second kappa shape index (κ2) is 6.38. The number of hydrogen-bond acceptors (Lipinski definition) is 3. The summed E-state index contributed by atoms with van der Waals surface area (Å²) in [4.78, 5) is 22.9. The fourth-order valence-corrected chi connectivity index (χ4v) is 1.71. The van der Waals surface area contributed by atoms with E-state index < -0.39 is 5.91 Å². The molecular formula is C16H15N3O2. The zero-order chi connectivity index (χ0) is 15.2. The first-order valence-corrected chi connectivity index (χ1v) is 6.29. The van der Waals surface area contributed by atoms with Gasteiger partial charge in [0.1, 0.15) is 0 Å². The molecule has 2 aromatic carbocycles. The number of primary amides is 1. The molecule has 0 aliphatic carbocycles. The van der Waals surface area contributed by atoms with Crippen molar-refractivity contribution in [1.82, 2.24) is 0 Å². The maximum Gasteiger partial charge on any atom is 0.248 e. The molecule has 0 aliphatic heterocycles. The summed E-state index contributed by atoms with van der Waals surface area (Å²) in [5.74, 6) is -0.836. The summed E-state index contributed by atoms with van der Waals surface area (Å²) in [7, 11) is 0. The Hall–Kier alpha value is -3.08. The normalized spacial score (nSPS) is 10.5. The van der Waals surface area contributed by atoms with Crippen molar-refractivity contribution in [2.45, 2.75) is 0 Å². The highest BCUT2D eigenvalue weighted by atomic mass is 16.1. The Morgan fingerprint density at radius 3 is 2.43 bits per heavy atom. The predicted octanol–water partition coefficient (Wildman–Crippen LogP) is 2.02. The van der Waals surface area contributed by atoms with E-state index in [0.29, 0.717) is 16.9 Å². The van der Waals surface area contributed by atoms with Crippen LogP contribution in [0, 0.1) is 0 Å². The van der Waals surface area contributed by atoms with Crippen molar-refractivity contribution in [1.29, 1.82) is 0 Å². The van der Waals surface area contributed by atoms with Crippen LogP contribution >= 0.6 is 0 Å². The van der Waals surface area contributed by atoms with Crippen LogP contribution in [0.5, 0.6) is 0 Å². The van der Waals surface area contributed by atoms with Gasteiger partial charge in [0, 0.05) is 23.0 Å². The molecule has 0 aliphatic rings. The molecule has 2 amide bonds. The zero-order valence-corrected chi connectivity index (χ0v) is 11.2. The van der Waals surface area contributed by atoms with Gasteiger partial charge in [-0.25, -0.2) is 0 Å². The summed E-state index contributed by atoms with van der Waals surface area (Å²) in [6.45, 7) is 0. The first kappa shape index (κ1) is 14.3. The van der Waals surface area contributed by atoms with E-state index in [1.54, 1.807) is 36.4 Å². The van der Waals surface area contributed by atoms with Gasteiger partial charge >= 0.3 is 0 Å². The lowest BCUT2D eigenvalue weighted by Crippen LogP contribution is -2.12. The lowest BCUT2D eigenvalue weighted by Gasteiger charge is -2.03. The van der Waals surface area contributed by atoms with E-state index in [-0.39, 0.29) is 5.91 Å². The highest BCUT2D eigenvalue weighted by Crippen LogP contribution is 2.11. The molecule has 21 heavy (non-hydrogen) atoms. The van der Waals surface area contributed by atoms with Gasteiger partial charge in [-0.3, -0.25) is 9.59 Å². The Bertz CT molecular complexity index is 691. The van der Waals surface area contributed by atoms with Crippen LogP contribution in [0.3, 0.4) is 0 Å². The zero-order valence-electron chi connectivity index (χ0n) is 11.2. The largest absolute Gasteiger partial charge is 0.399 e. The van der Waals surface area contributed by atoms with E-state index in [4.69, 9.17) is 11.5 Å². The first-order chi connectivity index (χ1) is 10.0. The number of carbonyl (C=O) groups excluding carboxylic acids is 2. The van der Waals surface area contributed by atoms with Gasteiger partial charge in [-0.1, -0.05) is 18.2 Å². The third-order valence-electron chi connectivity index (χ3n) is 2.78. The van der Waals surface area contributed by atoms with E-state index >= 15 is 0 Å². The van der Waals surface area contributed by atoms with Crippen LogP contribution in [-0.4, -0.2) is 11.8 Å². The summed E-state index contributed by atoms with van der Waals surface area (Å²) in [5.41, 5.74) is 13.2. The van der Waals surface area contributed by atoms with Crippen LogP contribution < -0.4 is 16.8 Å². The van der Waals surface area contributed by atoms with Crippen LogP contribution in [0.4, 0.5) is 11.4 Å². The lowest BCUT2D eigenvalue weighted by molar-refractivity contribution is -0.111. The topological polar surface area (TPSA) is 98.2 Å². The summed E-state index contributed by atoms with van der Waals surface area (Å²) in [6, 6.07) is 13.6. The molecule has 0 radical (unpaired) electrons. The van der Waals surface area contributed by atoms with Crippen molar-refractivity contribution in [3.63, 3.8) is 0 Å². The van der Waals surface area contributed by atoms with Crippen molar-refractivity contribution < 1.29 is 9.59 Å². The number of benzene rings is 2. The van der Waals surface area contributed by atoms with Gasteiger partial charge in [0.25, 0.3) is 0 Å². The SMILES string of the molecule is NC(=O)c1cccc(NC(=O)/C=C/c2ccc(N)cc2)c1. The second-order valence-corrected chi connectivity index (χ2v) is 4.43. The van der Waals surface area contributed by atoms with Crippen molar-refractivity contribution in [3.05, 3.63) is 65.7 Å². The molecule has 5 heteroatoms. The molecular weight excluding hydrogens is 266 g/mol. The molecule has 0 fully saturated rings. The molecule has 0 heterocycles. The maximum absolute atomic E-state index is 11.8. The highest BCUT2D eigenvalue weighted by Gasteiger charge is 2.02. The Labute approximate surface area is 122 Å². The van der Waals surface area contributed by atoms with Gasteiger partial charge in [0.05, 0.1) is 0 Å². The van der Waals surface area contributed by atoms with E-state index in [1.165, 1.54) is 12.1 Å². The van der Waals surface area contributed by atoms with Gasteiger partial charge in [0.15, 0.2) is 0 Å². The number of carbonyl (C=O) groups is 2. The van der Waals surface area contributed by atoms with Crippen LogP contribution in [0.1, 0.15) is 15.9 Å². The fourth-order valence-electron chi connectivity index (χ4n) is 1.71. The summed E-state index contributed by atoms with van der Waals surface area (Å²) < 4.78 is 0. The van der Waals surface area contributed by atoms with E-state index in [0.717, 1.165) is 5.56 Å². The average Bonchev–Trinajstić information content (AvgIpc) is 2.47. The molecule has 0 spiro atoms. The lowest BCUT2D eigenvalue weighted by atomic mass is 10.2. The molecule has 0 atom stereocenters. The Morgan fingerprint density at radius 2 is 1.76 bits per heavy atom. The number of nitrogen functional groups attached to an aromatic ring is 1. The van der Waals surface area contributed by atoms with Crippen molar-refractivity contribution >= 4 is 29.3 Å². The van der Waals surface area contributed by atoms with Crippen LogP contribution in [0.25, 0.3) is 6.08 Å². The molecule has 0 saturated carbocycles. The average molecular weight is 281 g/mol. The smallest absolute Gasteiger partial charge is 0.248 e. The molecule has 2 aromatic rings. The van der Waals surface area contributed by atoms with Crippen molar-refractivity contribution in [3.8, 4) is 0 Å². The van der Waals surface area contributed by atoms with Crippen LogP contribution in [0.15, 0.2) is 54.6 Å². The van der Waals surface area contributed by atoms with E-state index in [9.17, 15) is 9.59 Å². The van der Waals surface area contributed by atoms with Gasteiger partial charge in [-0.05, 0) is 42.0 Å². The van der Waals surface area contributed by atoms with E-state index in [2.05, 4.69) is 5.32 Å². The highest BCUT2D eigenvalue weighted by molar-refractivity contribution is 6.03. The molecule has 2 rings (SSSR count). The quantitative estimate of drug-likeness (QED) is 0.590. The molecule has 5 nitrogen and oxygen atoms in total. The molecule has 0 saturated heterocycles. The number of rotatable bonds is 4. The van der Waals surface area contributed by atoms with Gasteiger partial charge < -0.3 is 16.8 Å². The van der Waals surface area contributed by atoms with Gasteiger partial charge in [-0.15, -0.1) is 0 Å². The number of anilines is 2. The standard InChI is InChI=1S/C16H15N3O2/c17-13-7-4-11(5-8-13)6-9-15(20)19-14-3-1-2-12(10-14)16(18)21/h1-10H,17H2,(H2,18,21)(H,19,20)/b9-6+. The van der Waals surface area contributed by atoms with Crippen LogP contribution in [-0.2, 0) is 4.79 Å². The monoisotopic (exact) mass is 281 g/mol. The summed E-state index contributed by atoms with van der Waals surface area (Å²) >= 11 is 0. The van der Waals surface area contributed by atoms with Crippen LogP contribution in [0.2, 0.25) is 0 Å². The third-order valence-corrected chi connectivity index (χ3v) is 2.78. The summed E-state index contributed by atoms with van der Waals surface area (Å²) in [6.07, 6.45) is 3.08. The Morgan fingerprint density at radius 1 is 1.05 bits per heavy atom. The minimum Gasteiger partial charge on any atom is -0.399 e. The van der Waals surface area contributed by atoms with Crippen molar-refractivity contribution in [2.24, 2.45) is 5.73 Å². The van der Waals surface area contributed by atoms with Crippen molar-refractivity contribution in [2.75, 3.05) is 11.1 Å². The number of nitrogens with two attached hydrogens (primary N) is 2. The van der Waals surface area contributed by atoms with E-state index in [1.807, 2.05) is 12.1 Å². The minimum atomic E-state index is -0.538. The molecule has 0 bridgehead atoms. The predicted molar refractivity (Wildman–Crippen MR) is 83.5 cm³/mol. The molecule has 5 N–H and O–H groups in total. The number of hydrogen-bond donors (Lipinski definition) is 3. The Kier molecular flexibility index (Phi) is 4.36. The Balaban J connectivity index is 2.03. The number of amides is 2.